The minimum absolute atomic E-state index is 0.133. The van der Waals surface area contributed by atoms with E-state index in [1.165, 1.54) is 6.07 Å². The van der Waals surface area contributed by atoms with Crippen LogP contribution in [-0.4, -0.2) is 42.5 Å². The standard InChI is InChI=1S/C30H35FN4O2/c1-18-14-24(20(3)33-27-5-4-22(31)16-28(27)35-10-6-23(36)7-11-35)30-25(15-18)26(17-32)19(2)29(34-30)21-8-12-37-13-9-21/h4-5,14-16,20-21,23,33,36H,6-13H2,1-3H3. The van der Waals surface area contributed by atoms with Gasteiger partial charge < -0.3 is 20.1 Å². The molecule has 0 spiro atoms. The lowest BCUT2D eigenvalue weighted by atomic mass is 9.88. The van der Waals surface area contributed by atoms with Crippen LogP contribution in [0.1, 0.15) is 72.5 Å². The molecule has 2 aliphatic rings. The number of nitriles is 1. The maximum atomic E-state index is 14.3. The van der Waals surface area contributed by atoms with E-state index in [4.69, 9.17) is 9.72 Å². The number of halogens is 1. The SMILES string of the molecule is Cc1cc(C(C)Nc2ccc(F)cc2N2CCC(O)CC2)c2nc(C3CCOCC3)c(C)c(C#N)c2c1. The van der Waals surface area contributed by atoms with Crippen molar-refractivity contribution in [1.82, 2.24) is 4.98 Å². The normalized spacial score (nSPS) is 18.1. The third-order valence-electron chi connectivity index (χ3n) is 7.87. The minimum Gasteiger partial charge on any atom is -0.393 e. The molecule has 2 aromatic carbocycles. The number of hydrogen-bond donors (Lipinski definition) is 2. The number of nitrogens with one attached hydrogen (secondary N) is 1. The monoisotopic (exact) mass is 502 g/mol. The number of nitrogens with zero attached hydrogens (tertiary/aromatic N) is 3. The fourth-order valence-electron chi connectivity index (χ4n) is 5.81. The number of aliphatic hydroxyl groups excluding tert-OH is 1. The molecule has 3 aromatic rings. The van der Waals surface area contributed by atoms with E-state index >= 15 is 0 Å². The summed E-state index contributed by atoms with van der Waals surface area (Å²) < 4.78 is 19.9. The van der Waals surface area contributed by atoms with Gasteiger partial charge in [-0.25, -0.2) is 4.39 Å². The van der Waals surface area contributed by atoms with Crippen LogP contribution in [0.15, 0.2) is 30.3 Å². The molecule has 3 heterocycles. The van der Waals surface area contributed by atoms with Gasteiger partial charge in [0, 0.05) is 48.9 Å². The second-order valence-corrected chi connectivity index (χ2v) is 10.5. The van der Waals surface area contributed by atoms with E-state index in [0.29, 0.717) is 44.7 Å². The first kappa shape index (κ1) is 25.4. The number of anilines is 2. The fraction of sp³-hybridized carbons (Fsp3) is 0.467. The predicted molar refractivity (Wildman–Crippen MR) is 145 cm³/mol. The molecule has 0 saturated carbocycles. The van der Waals surface area contributed by atoms with Crippen molar-refractivity contribution in [1.29, 1.82) is 5.26 Å². The quantitative estimate of drug-likeness (QED) is 0.453. The van der Waals surface area contributed by atoms with Crippen molar-refractivity contribution < 1.29 is 14.2 Å². The molecule has 0 radical (unpaired) electrons. The summed E-state index contributed by atoms with van der Waals surface area (Å²) in [6, 6.07) is 11.4. The highest BCUT2D eigenvalue weighted by atomic mass is 19.1. The number of benzene rings is 2. The van der Waals surface area contributed by atoms with Crippen LogP contribution in [0.5, 0.6) is 0 Å². The molecular weight excluding hydrogens is 467 g/mol. The van der Waals surface area contributed by atoms with E-state index in [9.17, 15) is 14.8 Å². The molecule has 1 unspecified atom stereocenters. The minimum atomic E-state index is -0.299. The Hall–Kier alpha value is -3.21. The first-order valence-electron chi connectivity index (χ1n) is 13.3. The number of ether oxygens (including phenoxy) is 1. The first-order chi connectivity index (χ1) is 17.9. The molecule has 1 atom stereocenters. The summed E-state index contributed by atoms with van der Waals surface area (Å²) in [7, 11) is 0. The summed E-state index contributed by atoms with van der Waals surface area (Å²) in [5, 5.41) is 24.6. The predicted octanol–water partition coefficient (Wildman–Crippen LogP) is 5.89. The Kier molecular flexibility index (Phi) is 7.32. The van der Waals surface area contributed by atoms with Crippen molar-refractivity contribution >= 4 is 22.3 Å². The number of aromatic nitrogens is 1. The molecule has 194 valence electrons. The van der Waals surface area contributed by atoms with Crippen LogP contribution in [0.3, 0.4) is 0 Å². The molecule has 0 aliphatic carbocycles. The molecule has 7 heteroatoms. The van der Waals surface area contributed by atoms with E-state index in [1.54, 1.807) is 12.1 Å². The molecule has 1 aromatic heterocycles. The Morgan fingerprint density at radius 1 is 1.14 bits per heavy atom. The van der Waals surface area contributed by atoms with E-state index in [-0.39, 0.29) is 23.9 Å². The highest BCUT2D eigenvalue weighted by Crippen LogP contribution is 2.37. The van der Waals surface area contributed by atoms with E-state index in [2.05, 4.69) is 35.3 Å². The number of rotatable bonds is 5. The summed E-state index contributed by atoms with van der Waals surface area (Å²) >= 11 is 0. The number of hydrogen-bond acceptors (Lipinski definition) is 6. The number of aryl methyl sites for hydroxylation is 1. The number of piperidine rings is 1. The average molecular weight is 503 g/mol. The van der Waals surface area contributed by atoms with Gasteiger partial charge in [0.05, 0.1) is 34.6 Å². The zero-order valence-electron chi connectivity index (χ0n) is 21.9. The van der Waals surface area contributed by atoms with Gasteiger partial charge in [0.2, 0.25) is 0 Å². The van der Waals surface area contributed by atoms with Crippen LogP contribution in [0.2, 0.25) is 0 Å². The van der Waals surface area contributed by atoms with Crippen molar-refractivity contribution in [3.8, 4) is 6.07 Å². The Morgan fingerprint density at radius 3 is 2.57 bits per heavy atom. The zero-order valence-corrected chi connectivity index (χ0v) is 21.9. The molecule has 2 aliphatic heterocycles. The summed E-state index contributed by atoms with van der Waals surface area (Å²) in [5.74, 6) is -0.00180. The van der Waals surface area contributed by atoms with Gasteiger partial charge in [-0.2, -0.15) is 5.26 Å². The van der Waals surface area contributed by atoms with Gasteiger partial charge in [-0.15, -0.1) is 0 Å². The lowest BCUT2D eigenvalue weighted by Crippen LogP contribution is -2.36. The Labute approximate surface area is 218 Å². The zero-order chi connectivity index (χ0) is 26.1. The summed E-state index contributed by atoms with van der Waals surface area (Å²) in [6.45, 7) is 8.93. The van der Waals surface area contributed by atoms with Gasteiger partial charge in [-0.1, -0.05) is 6.07 Å². The third kappa shape index (κ3) is 5.14. The first-order valence-corrected chi connectivity index (χ1v) is 13.3. The molecule has 0 bridgehead atoms. The smallest absolute Gasteiger partial charge is 0.125 e. The molecular formula is C30H35FN4O2. The van der Waals surface area contributed by atoms with Crippen LogP contribution in [-0.2, 0) is 4.74 Å². The summed E-state index contributed by atoms with van der Waals surface area (Å²) in [5.41, 5.74) is 7.24. The lowest BCUT2D eigenvalue weighted by Gasteiger charge is -2.33. The largest absolute Gasteiger partial charge is 0.393 e. The second-order valence-electron chi connectivity index (χ2n) is 10.5. The molecule has 6 nitrogen and oxygen atoms in total. The molecule has 2 N–H and O–H groups in total. The van der Waals surface area contributed by atoms with Gasteiger partial charge in [-0.05, 0) is 81.8 Å². The van der Waals surface area contributed by atoms with Crippen LogP contribution < -0.4 is 10.2 Å². The van der Waals surface area contributed by atoms with E-state index < -0.39 is 0 Å². The Balaban J connectivity index is 1.56. The molecule has 2 fully saturated rings. The number of fused-ring (bicyclic) bond motifs is 1. The molecule has 0 amide bonds. The Morgan fingerprint density at radius 2 is 1.86 bits per heavy atom. The maximum Gasteiger partial charge on any atom is 0.125 e. The van der Waals surface area contributed by atoms with E-state index in [0.717, 1.165) is 57.5 Å². The summed E-state index contributed by atoms with van der Waals surface area (Å²) in [4.78, 5) is 7.34. The Bertz CT molecular complexity index is 1340. The molecule has 5 rings (SSSR count). The third-order valence-corrected chi connectivity index (χ3v) is 7.87. The van der Waals surface area contributed by atoms with Gasteiger partial charge in [0.15, 0.2) is 0 Å². The highest BCUT2D eigenvalue weighted by Gasteiger charge is 2.25. The van der Waals surface area contributed by atoms with Gasteiger partial charge in [0.25, 0.3) is 0 Å². The van der Waals surface area contributed by atoms with Gasteiger partial charge in [-0.3, -0.25) is 4.98 Å². The number of aliphatic hydroxyl groups is 1. The molecule has 37 heavy (non-hydrogen) atoms. The van der Waals surface area contributed by atoms with Crippen molar-refractivity contribution in [3.05, 3.63) is 64.1 Å². The van der Waals surface area contributed by atoms with Crippen LogP contribution in [0, 0.1) is 31.0 Å². The van der Waals surface area contributed by atoms with Gasteiger partial charge in [0.1, 0.15) is 11.9 Å². The topological polar surface area (TPSA) is 81.4 Å². The van der Waals surface area contributed by atoms with Gasteiger partial charge >= 0.3 is 0 Å². The van der Waals surface area contributed by atoms with E-state index in [1.807, 2.05) is 13.8 Å². The second kappa shape index (κ2) is 10.6. The maximum absolute atomic E-state index is 14.3. The van der Waals surface area contributed by atoms with Crippen molar-refractivity contribution in [3.63, 3.8) is 0 Å². The van der Waals surface area contributed by atoms with Crippen LogP contribution in [0.25, 0.3) is 10.9 Å². The van der Waals surface area contributed by atoms with Crippen LogP contribution >= 0.6 is 0 Å². The fourth-order valence-corrected chi connectivity index (χ4v) is 5.81. The average Bonchev–Trinajstić information content (AvgIpc) is 2.90. The van der Waals surface area contributed by atoms with Crippen LogP contribution in [0.4, 0.5) is 15.8 Å². The highest BCUT2D eigenvalue weighted by molar-refractivity contribution is 5.90. The molecule has 2 saturated heterocycles. The van der Waals surface area contributed by atoms with Crippen molar-refractivity contribution in [2.75, 3.05) is 36.5 Å². The van der Waals surface area contributed by atoms with Crippen molar-refractivity contribution in [2.24, 2.45) is 0 Å². The summed E-state index contributed by atoms with van der Waals surface area (Å²) in [6.07, 6.45) is 2.85. The number of pyridine rings is 1. The lowest BCUT2D eigenvalue weighted by molar-refractivity contribution is 0.0844. The van der Waals surface area contributed by atoms with Crippen molar-refractivity contribution in [2.45, 2.75) is 64.5 Å².